The highest BCUT2D eigenvalue weighted by molar-refractivity contribution is 5.92. The zero-order chi connectivity index (χ0) is 96.7. The monoisotopic (exact) mass is 1770 g/mol. The summed E-state index contributed by atoms with van der Waals surface area (Å²) in [6, 6.07) is 74.2. The van der Waals surface area contributed by atoms with Gasteiger partial charge in [-0.25, -0.2) is 0 Å². The highest BCUT2D eigenvalue weighted by Gasteiger charge is 2.27. The van der Waals surface area contributed by atoms with Gasteiger partial charge in [-0.3, -0.25) is 4.98 Å². The van der Waals surface area contributed by atoms with E-state index in [0.29, 0.717) is 12.0 Å². The van der Waals surface area contributed by atoms with Crippen molar-refractivity contribution in [2.75, 3.05) is 0 Å². The van der Waals surface area contributed by atoms with E-state index in [1.54, 1.807) is 11.8 Å². The fourth-order valence-corrected chi connectivity index (χ4v) is 17.7. The van der Waals surface area contributed by atoms with E-state index in [9.17, 15) is 0 Å². The molecule has 1 fully saturated rings. The number of benzene rings is 9. The van der Waals surface area contributed by atoms with Gasteiger partial charge in [0, 0.05) is 143 Å². The first-order valence-electron chi connectivity index (χ1n) is 48.0. The molecule has 11 heteroatoms. The van der Waals surface area contributed by atoms with Crippen LogP contribution in [0, 0.1) is 29.6 Å². The maximum atomic E-state index is 8.88. The van der Waals surface area contributed by atoms with Gasteiger partial charge in [0.05, 0.1) is 23.7 Å². The standard InChI is InChI=1S/C18H19N.C17H18N2.C17H23N.C16H23N.C14H16N2.C14H19N.C13H14N2.C13H17N/c1-18(2,3)16-12-17-14(9-10-19-17)11-15(16)13-7-5-4-6-8-13;1-17(2,3)14-11-16-12(7-9-19-16)10-13(14)15-6-4-5-8-18-15;1-17(2,3)13-8-9-14-15(11-18-16(14)10-13)12-6-4-5-7-12;1-15(2,3)11-7-8-12-13(16(4,5)6)10-17-14(12)9-11;1-14(2,3)11-4-5-12-10(6-7-15)9-16-13(12)8-11;1-5-10-9-15-13-8-11(14(2,3)4)6-7-12(10)13;1-13(2,3)10-4-5-11-9(7-14)8-15-12(11)6-10;1-9-8-14-12-7-10(13(2,3)4)5-6-11(9)12/h4-12,19H,1-3H3;4-11,19H,1-3H3;8-12,18H,4-7H2,1-3H3;7-10,17H,1-6H3;4-5,8-9,16H,6H2,1-3H3;6-9,15H,5H2,1-4H3;4-6,8,15H,1-3H3;5-8,14H,1-4H3. The van der Waals surface area contributed by atoms with Crippen LogP contribution in [0.25, 0.3) is 110 Å². The van der Waals surface area contributed by atoms with Gasteiger partial charge in [0.1, 0.15) is 6.07 Å². The molecular formula is C122H149N11. The predicted octanol–water partition coefficient (Wildman–Crippen LogP) is 34.2. The minimum atomic E-state index is 0.0894. The average Bonchev–Trinajstić information content (AvgIpc) is 1.61. The molecule has 1 aliphatic rings. The lowest BCUT2D eigenvalue weighted by atomic mass is 9.81. The van der Waals surface area contributed by atoms with E-state index in [2.05, 4.69) is 458 Å². The lowest BCUT2D eigenvalue weighted by Gasteiger charge is -2.23. The molecule has 0 spiro atoms. The fraction of sp³-hybridized carbons (Fsp3) is 0.369. The summed E-state index contributed by atoms with van der Waals surface area (Å²) in [6.07, 6.45) is 25.2. The topological polar surface area (TPSA) is 187 Å². The summed E-state index contributed by atoms with van der Waals surface area (Å²) < 4.78 is 0. The minimum absolute atomic E-state index is 0.0894. The third-order valence-corrected chi connectivity index (χ3v) is 26.1. The number of pyridine rings is 1. The Morgan fingerprint density at radius 1 is 0.323 bits per heavy atom. The maximum Gasteiger partial charge on any atom is 0.101 e. The van der Waals surface area contributed by atoms with E-state index >= 15 is 0 Å². The molecule has 692 valence electrons. The van der Waals surface area contributed by atoms with Crippen LogP contribution in [0.4, 0.5) is 0 Å². The average molecular weight is 1770 g/mol. The van der Waals surface area contributed by atoms with Crippen LogP contribution in [0.15, 0.2) is 250 Å². The van der Waals surface area contributed by atoms with Crippen LogP contribution in [0.2, 0.25) is 0 Å². The molecule has 133 heavy (non-hydrogen) atoms. The van der Waals surface area contributed by atoms with E-state index in [1.165, 1.54) is 169 Å². The summed E-state index contributed by atoms with van der Waals surface area (Å²) in [5.41, 5.74) is 34.4. The number of nitrogens with one attached hydrogen (secondary N) is 8. The van der Waals surface area contributed by atoms with Crippen LogP contribution in [0.1, 0.15) is 303 Å². The number of hydrogen-bond acceptors (Lipinski definition) is 3. The quantitative estimate of drug-likeness (QED) is 0.0854. The van der Waals surface area contributed by atoms with Crippen molar-refractivity contribution in [2.24, 2.45) is 0 Å². The number of aromatic amines is 8. The molecule has 1 saturated carbocycles. The summed E-state index contributed by atoms with van der Waals surface area (Å²) in [7, 11) is 0. The highest BCUT2D eigenvalue weighted by atomic mass is 14.7. The van der Waals surface area contributed by atoms with Crippen molar-refractivity contribution < 1.29 is 0 Å². The zero-order valence-electron chi connectivity index (χ0n) is 85.3. The van der Waals surface area contributed by atoms with Crippen LogP contribution < -0.4 is 0 Å². The Morgan fingerprint density at radius 2 is 0.699 bits per heavy atom. The predicted molar refractivity (Wildman–Crippen MR) is 573 cm³/mol. The molecule has 11 nitrogen and oxygen atoms in total. The Hall–Kier alpha value is -12.6. The third kappa shape index (κ3) is 24.5. The molecule has 8 N–H and O–H groups in total. The maximum absolute atomic E-state index is 8.88. The molecule has 9 heterocycles. The van der Waals surface area contributed by atoms with Gasteiger partial charge in [0.25, 0.3) is 0 Å². The van der Waals surface area contributed by atoms with Gasteiger partial charge in [-0.2, -0.15) is 10.5 Å². The largest absolute Gasteiger partial charge is 0.361 e. The van der Waals surface area contributed by atoms with Gasteiger partial charge in [-0.1, -0.05) is 316 Å². The Balaban J connectivity index is 0.000000137. The van der Waals surface area contributed by atoms with Crippen molar-refractivity contribution in [1.29, 1.82) is 10.5 Å². The van der Waals surface area contributed by atoms with Crippen molar-refractivity contribution >= 4 is 87.2 Å². The van der Waals surface area contributed by atoms with E-state index in [1.807, 2.05) is 43.0 Å². The first-order chi connectivity index (χ1) is 62.4. The van der Waals surface area contributed by atoms with E-state index in [4.69, 9.17) is 10.5 Å². The summed E-state index contributed by atoms with van der Waals surface area (Å²) in [5.74, 6) is 0.791. The molecule has 0 atom stereocenters. The van der Waals surface area contributed by atoms with Gasteiger partial charge in [-0.05, 0) is 255 Å². The fourth-order valence-electron chi connectivity index (χ4n) is 17.7. The summed E-state index contributed by atoms with van der Waals surface area (Å²) in [5, 5.41) is 27.8. The van der Waals surface area contributed by atoms with Crippen molar-refractivity contribution in [2.45, 2.75) is 294 Å². The van der Waals surface area contributed by atoms with Crippen molar-refractivity contribution in [1.82, 2.24) is 44.9 Å². The molecule has 0 unspecified atom stereocenters. The van der Waals surface area contributed by atoms with Gasteiger partial charge in [0.2, 0.25) is 0 Å². The van der Waals surface area contributed by atoms with Crippen molar-refractivity contribution in [3.05, 3.63) is 328 Å². The number of nitriles is 2. The highest BCUT2D eigenvalue weighted by Crippen LogP contribution is 2.43. The second-order valence-electron chi connectivity index (χ2n) is 45.8. The summed E-state index contributed by atoms with van der Waals surface area (Å²) in [6.45, 7) is 64.8. The van der Waals surface area contributed by atoms with Gasteiger partial charge in [-0.15, -0.1) is 0 Å². The van der Waals surface area contributed by atoms with Gasteiger partial charge >= 0.3 is 0 Å². The number of fused-ring (bicyclic) bond motifs is 8. The van der Waals surface area contributed by atoms with Gasteiger partial charge in [0.15, 0.2) is 0 Å². The molecule has 9 aromatic carbocycles. The first-order valence-corrected chi connectivity index (χ1v) is 48.0. The van der Waals surface area contributed by atoms with E-state index in [-0.39, 0.29) is 48.7 Å². The van der Waals surface area contributed by atoms with Gasteiger partial charge < -0.3 is 39.9 Å². The Bertz CT molecular complexity index is 6910. The third-order valence-electron chi connectivity index (χ3n) is 26.1. The van der Waals surface area contributed by atoms with Crippen LogP contribution >= 0.6 is 0 Å². The number of rotatable bonds is 5. The summed E-state index contributed by atoms with van der Waals surface area (Å²) >= 11 is 0. The Kier molecular flexibility index (Phi) is 30.0. The second kappa shape index (κ2) is 40.1. The summed E-state index contributed by atoms with van der Waals surface area (Å²) in [4.78, 5) is 31.0. The Morgan fingerprint density at radius 3 is 1.15 bits per heavy atom. The SMILES string of the molecule is CC(C)(C)c1cc2[nH]ccc2cc1-c1ccccc1.CC(C)(C)c1cc2[nH]ccc2cc1-c1ccccn1.CC(C)(C)c1ccc2c(C#N)c[nH]c2c1.CC(C)(C)c1ccc2c(C(C)(C)C)c[nH]c2c1.CC(C)(C)c1ccc2c(C3CCCC3)c[nH]c2c1.CC(C)(C)c1ccc2c(CC#N)c[nH]c2c1.CCc1c[nH]c2cc(C(C)(C)C)ccc12.Cc1c[nH]c2cc(C(C)(C)C)ccc12. The minimum Gasteiger partial charge on any atom is -0.361 e. The molecule has 9 aromatic heterocycles. The molecule has 19 rings (SSSR count). The van der Waals surface area contributed by atoms with E-state index in [0.717, 1.165) is 45.4 Å². The number of aryl methyl sites for hydroxylation is 2. The van der Waals surface area contributed by atoms with E-state index < -0.39 is 0 Å². The molecule has 0 radical (unpaired) electrons. The van der Waals surface area contributed by atoms with Crippen LogP contribution in [-0.4, -0.2) is 44.9 Å². The molecule has 0 saturated heterocycles. The molecular weight excluding hydrogens is 1620 g/mol. The smallest absolute Gasteiger partial charge is 0.101 e. The zero-order valence-corrected chi connectivity index (χ0v) is 85.3. The van der Waals surface area contributed by atoms with Crippen LogP contribution in [0.5, 0.6) is 0 Å². The van der Waals surface area contributed by atoms with Crippen LogP contribution in [-0.2, 0) is 61.6 Å². The molecule has 18 aromatic rings. The first kappa shape index (κ1) is 99.4. The molecule has 0 amide bonds. The number of nitrogens with zero attached hydrogens (tertiary/aromatic N) is 3. The Labute approximate surface area is 793 Å². The molecule has 0 aliphatic heterocycles. The normalized spacial score (nSPS) is 12.9. The van der Waals surface area contributed by atoms with Crippen LogP contribution in [0.3, 0.4) is 0 Å². The van der Waals surface area contributed by atoms with Crippen molar-refractivity contribution in [3.63, 3.8) is 0 Å². The second-order valence-corrected chi connectivity index (χ2v) is 45.8. The van der Waals surface area contributed by atoms with Crippen molar-refractivity contribution in [3.8, 4) is 34.5 Å². The number of H-pyrrole nitrogens is 8. The lowest BCUT2D eigenvalue weighted by Crippen LogP contribution is -2.13. The number of hydrogen-bond donors (Lipinski definition) is 8. The molecule has 1 aliphatic carbocycles. The number of aromatic nitrogens is 9. The molecule has 0 bridgehead atoms. The lowest BCUT2D eigenvalue weighted by molar-refractivity contribution is 0.590.